The number of hydrogen-bond acceptors (Lipinski definition) is 8. The van der Waals surface area contributed by atoms with Crippen LogP contribution >= 0.6 is 0 Å². The van der Waals surface area contributed by atoms with Crippen LogP contribution in [0.2, 0.25) is 0 Å². The molecule has 3 atom stereocenters. The van der Waals surface area contributed by atoms with Gasteiger partial charge in [0.05, 0.1) is 19.0 Å². The Labute approximate surface area is 189 Å². The van der Waals surface area contributed by atoms with E-state index in [-0.39, 0.29) is 38.2 Å². The smallest absolute Gasteiger partial charge is 0.326 e. The maximum Gasteiger partial charge on any atom is 0.326 e. The van der Waals surface area contributed by atoms with E-state index in [1.807, 2.05) is 0 Å². The van der Waals surface area contributed by atoms with Crippen LogP contribution < -0.4 is 44.6 Å². The second kappa shape index (κ2) is 15.0. The topological polar surface area (TPSA) is 301 Å². The van der Waals surface area contributed by atoms with Crippen molar-refractivity contribution in [1.82, 2.24) is 16.0 Å². The molecule has 16 nitrogen and oxygen atoms in total. The first-order chi connectivity index (χ1) is 15.3. The average Bonchev–Trinajstić information content (AvgIpc) is 2.70. The van der Waals surface area contributed by atoms with Gasteiger partial charge in [-0.05, 0) is 19.3 Å². The zero-order chi connectivity index (χ0) is 25.6. The highest BCUT2D eigenvalue weighted by Crippen LogP contribution is 2.03. The number of nitrogens with one attached hydrogen (secondary N) is 3. The molecule has 0 saturated heterocycles. The SMILES string of the molecule is NC(=O)CC[C@H](NC(=O)CNC(=O)[C@@H](N)CC(N)=O)C(=O)N[C@@H](CCCN=C(N)N)C(=O)O. The summed E-state index contributed by atoms with van der Waals surface area (Å²) in [7, 11) is 0. The number of carboxylic acid groups (broad SMARTS) is 1. The Bertz CT molecular complexity index is 768. The molecule has 5 amide bonds. The molecule has 0 rings (SSSR count). The predicted octanol–water partition coefficient (Wildman–Crippen LogP) is -5.32. The summed E-state index contributed by atoms with van der Waals surface area (Å²) in [5.41, 5.74) is 25.8. The van der Waals surface area contributed by atoms with Gasteiger partial charge in [-0.25, -0.2) is 4.79 Å². The van der Waals surface area contributed by atoms with Crippen molar-refractivity contribution < 1.29 is 33.9 Å². The number of carbonyl (C=O) groups is 6. The lowest BCUT2D eigenvalue weighted by Crippen LogP contribution is -2.54. The molecule has 14 N–H and O–H groups in total. The zero-order valence-electron chi connectivity index (χ0n) is 17.9. The van der Waals surface area contributed by atoms with E-state index in [2.05, 4.69) is 20.9 Å². The first-order valence-electron chi connectivity index (χ1n) is 9.81. The van der Waals surface area contributed by atoms with Crippen LogP contribution in [0.5, 0.6) is 0 Å². The number of primary amides is 2. The maximum absolute atomic E-state index is 12.5. The van der Waals surface area contributed by atoms with Crippen LogP contribution in [-0.4, -0.2) is 77.8 Å². The second-order valence-corrected chi connectivity index (χ2v) is 6.97. The molecule has 16 heteroatoms. The van der Waals surface area contributed by atoms with Crippen molar-refractivity contribution >= 4 is 41.5 Å². The van der Waals surface area contributed by atoms with Crippen molar-refractivity contribution in [3.8, 4) is 0 Å². The molecule has 186 valence electrons. The summed E-state index contributed by atoms with van der Waals surface area (Å²) in [6.45, 7) is -0.464. The third-order valence-corrected chi connectivity index (χ3v) is 4.07. The second-order valence-electron chi connectivity index (χ2n) is 6.97. The van der Waals surface area contributed by atoms with E-state index in [0.717, 1.165) is 0 Å². The Morgan fingerprint density at radius 1 is 0.848 bits per heavy atom. The molecule has 0 unspecified atom stereocenters. The molecule has 0 aromatic carbocycles. The first-order valence-corrected chi connectivity index (χ1v) is 9.81. The van der Waals surface area contributed by atoms with Crippen molar-refractivity contribution in [2.75, 3.05) is 13.1 Å². The zero-order valence-corrected chi connectivity index (χ0v) is 17.9. The fourth-order valence-corrected chi connectivity index (χ4v) is 2.44. The van der Waals surface area contributed by atoms with Crippen LogP contribution in [0.15, 0.2) is 4.99 Å². The molecular formula is C17H31N9O7. The van der Waals surface area contributed by atoms with Crippen molar-refractivity contribution in [1.29, 1.82) is 0 Å². The Kier molecular flexibility index (Phi) is 13.2. The van der Waals surface area contributed by atoms with Crippen LogP contribution in [0.4, 0.5) is 0 Å². The predicted molar refractivity (Wildman–Crippen MR) is 115 cm³/mol. The Hall–Kier alpha value is -3.95. The summed E-state index contributed by atoms with van der Waals surface area (Å²) in [6, 6.07) is -3.90. The quantitative estimate of drug-likeness (QED) is 0.0582. The summed E-state index contributed by atoms with van der Waals surface area (Å²) >= 11 is 0. The number of nitrogens with zero attached hydrogens (tertiary/aromatic N) is 1. The average molecular weight is 473 g/mol. The van der Waals surface area contributed by atoms with Gasteiger partial charge in [-0.1, -0.05) is 0 Å². The Morgan fingerprint density at radius 2 is 1.48 bits per heavy atom. The number of rotatable bonds is 16. The molecule has 0 bridgehead atoms. The van der Waals surface area contributed by atoms with Gasteiger partial charge in [-0.3, -0.25) is 29.0 Å². The highest BCUT2D eigenvalue weighted by molar-refractivity contribution is 5.93. The van der Waals surface area contributed by atoms with E-state index in [9.17, 15) is 33.9 Å². The van der Waals surface area contributed by atoms with Gasteiger partial charge in [-0.2, -0.15) is 0 Å². The molecule has 0 aromatic heterocycles. The Balaban J connectivity index is 5.00. The van der Waals surface area contributed by atoms with Crippen molar-refractivity contribution in [2.45, 2.75) is 50.2 Å². The lowest BCUT2D eigenvalue weighted by atomic mass is 10.1. The molecule has 33 heavy (non-hydrogen) atoms. The van der Waals surface area contributed by atoms with Gasteiger partial charge >= 0.3 is 5.97 Å². The molecule has 0 aliphatic heterocycles. The normalized spacial score (nSPS) is 13.0. The number of aliphatic imine (C=N–C) groups is 1. The molecule has 0 spiro atoms. The fourth-order valence-electron chi connectivity index (χ4n) is 2.44. The van der Waals surface area contributed by atoms with E-state index >= 15 is 0 Å². The number of carboxylic acids is 1. The molecular weight excluding hydrogens is 442 g/mol. The van der Waals surface area contributed by atoms with E-state index in [4.69, 9.17) is 28.7 Å². The summed E-state index contributed by atoms with van der Waals surface area (Å²) in [6.07, 6.45) is -0.705. The van der Waals surface area contributed by atoms with Crippen molar-refractivity contribution in [2.24, 2.45) is 33.7 Å². The van der Waals surface area contributed by atoms with Crippen LogP contribution in [0.25, 0.3) is 0 Å². The summed E-state index contributed by atoms with van der Waals surface area (Å²) < 4.78 is 0. The van der Waals surface area contributed by atoms with E-state index < -0.39 is 66.6 Å². The minimum atomic E-state index is -1.33. The van der Waals surface area contributed by atoms with Crippen LogP contribution in [0, 0.1) is 0 Å². The molecule has 0 aromatic rings. The van der Waals surface area contributed by atoms with Crippen LogP contribution in [0.3, 0.4) is 0 Å². The lowest BCUT2D eigenvalue weighted by molar-refractivity contribution is -0.142. The molecule has 0 aliphatic carbocycles. The molecule has 0 fully saturated rings. The number of nitrogens with two attached hydrogens (primary N) is 5. The summed E-state index contributed by atoms with van der Waals surface area (Å²) in [5.74, 6) is -5.59. The lowest BCUT2D eigenvalue weighted by Gasteiger charge is -2.21. The van der Waals surface area contributed by atoms with Gasteiger partial charge in [-0.15, -0.1) is 0 Å². The van der Waals surface area contributed by atoms with Gasteiger partial charge in [0.2, 0.25) is 29.5 Å². The summed E-state index contributed by atoms with van der Waals surface area (Å²) in [4.78, 5) is 73.5. The van der Waals surface area contributed by atoms with Gasteiger partial charge in [0.25, 0.3) is 0 Å². The molecule has 0 saturated carbocycles. The number of amides is 5. The third-order valence-electron chi connectivity index (χ3n) is 4.07. The highest BCUT2D eigenvalue weighted by Gasteiger charge is 2.27. The standard InChI is InChI=1S/C17H31N9O7/c18-8(6-12(20)28)14(30)24-7-13(29)25-9(3-4-11(19)27)15(31)26-10(16(32)33)2-1-5-23-17(21)22/h8-10H,1-7,18H2,(H2,19,27)(H2,20,28)(H,24,30)(H,25,29)(H,26,31)(H,32,33)(H4,21,22,23)/t8-,9-,10-/m0/s1. The van der Waals surface area contributed by atoms with Crippen molar-refractivity contribution in [3.05, 3.63) is 0 Å². The minimum absolute atomic E-state index is 0.0118. The highest BCUT2D eigenvalue weighted by atomic mass is 16.4. The van der Waals surface area contributed by atoms with E-state index in [1.54, 1.807) is 0 Å². The molecule has 0 radical (unpaired) electrons. The number of hydrogen-bond donors (Lipinski definition) is 9. The first kappa shape index (κ1) is 29.0. The van der Waals surface area contributed by atoms with Gasteiger partial charge < -0.3 is 49.7 Å². The van der Waals surface area contributed by atoms with Crippen molar-refractivity contribution in [3.63, 3.8) is 0 Å². The minimum Gasteiger partial charge on any atom is -0.480 e. The third kappa shape index (κ3) is 13.9. The Morgan fingerprint density at radius 3 is 2.00 bits per heavy atom. The summed E-state index contributed by atoms with van der Waals surface area (Å²) in [5, 5.41) is 16.0. The molecule has 0 heterocycles. The van der Waals surface area contributed by atoms with Gasteiger partial charge in [0.1, 0.15) is 12.1 Å². The number of aliphatic carboxylic acids is 1. The fraction of sp³-hybridized carbons (Fsp3) is 0.588. The van der Waals surface area contributed by atoms with Crippen LogP contribution in [0.1, 0.15) is 32.1 Å². The maximum atomic E-state index is 12.5. The largest absolute Gasteiger partial charge is 0.480 e. The van der Waals surface area contributed by atoms with Gasteiger partial charge in [0.15, 0.2) is 5.96 Å². The number of carbonyl (C=O) groups excluding carboxylic acids is 5. The van der Waals surface area contributed by atoms with Gasteiger partial charge in [0, 0.05) is 13.0 Å². The van der Waals surface area contributed by atoms with E-state index in [0.29, 0.717) is 0 Å². The van der Waals surface area contributed by atoms with Crippen LogP contribution in [-0.2, 0) is 28.8 Å². The number of guanidine groups is 1. The monoisotopic (exact) mass is 473 g/mol. The molecule has 0 aliphatic rings. The van der Waals surface area contributed by atoms with E-state index in [1.165, 1.54) is 0 Å².